The Kier molecular flexibility index (Phi) is 4.80. The van der Waals surface area contributed by atoms with Crippen LogP contribution in [0.1, 0.15) is 23.2 Å². The van der Waals surface area contributed by atoms with Crippen LogP contribution in [0.4, 0.5) is 5.69 Å². The van der Waals surface area contributed by atoms with Gasteiger partial charge in [-0.05, 0) is 30.9 Å². The third-order valence-corrected chi connectivity index (χ3v) is 3.64. The molecule has 0 saturated carbocycles. The summed E-state index contributed by atoms with van der Waals surface area (Å²) in [5.74, 6) is 0.579. The Morgan fingerprint density at radius 2 is 2.26 bits per heavy atom. The van der Waals surface area contributed by atoms with Crippen LogP contribution in [0.3, 0.4) is 0 Å². The number of carbonyl (C=O) groups excluding carboxylic acids is 1. The molecule has 1 aromatic rings. The minimum absolute atomic E-state index is 0.116. The molecule has 0 bridgehead atoms. The van der Waals surface area contributed by atoms with E-state index in [0.717, 1.165) is 43.8 Å². The van der Waals surface area contributed by atoms with Gasteiger partial charge in [-0.25, -0.2) is 0 Å². The summed E-state index contributed by atoms with van der Waals surface area (Å²) in [5, 5.41) is 3.08. The summed E-state index contributed by atoms with van der Waals surface area (Å²) in [7, 11) is 3.56. The molecule has 2 rings (SSSR count). The number of para-hydroxylation sites is 1. The molecule has 1 aliphatic rings. The van der Waals surface area contributed by atoms with E-state index >= 15 is 0 Å². The molecule has 1 unspecified atom stereocenters. The predicted octanol–water partition coefficient (Wildman–Crippen LogP) is 2.23. The van der Waals surface area contributed by atoms with Crippen LogP contribution in [-0.2, 0) is 4.74 Å². The quantitative estimate of drug-likeness (QED) is 0.904. The maximum absolute atomic E-state index is 12.6. The Morgan fingerprint density at radius 1 is 1.47 bits per heavy atom. The number of likely N-dealkylation sites (tertiary alicyclic amines) is 1. The number of nitrogens with zero attached hydrogens (tertiary/aromatic N) is 1. The lowest BCUT2D eigenvalue weighted by molar-refractivity contribution is 0.0572. The molecule has 1 amide bonds. The van der Waals surface area contributed by atoms with E-state index < -0.39 is 0 Å². The molecule has 1 aliphatic heterocycles. The molecule has 1 N–H and O–H groups in total. The maximum atomic E-state index is 12.6. The van der Waals surface area contributed by atoms with Crippen molar-refractivity contribution in [3.8, 4) is 0 Å². The molecule has 1 aromatic carbocycles. The maximum Gasteiger partial charge on any atom is 0.255 e. The van der Waals surface area contributed by atoms with Gasteiger partial charge in [0.2, 0.25) is 0 Å². The SMILES string of the molecule is CNc1ccccc1C(=O)N1CCCC(COC)C1. The van der Waals surface area contributed by atoms with Gasteiger partial charge in [0.15, 0.2) is 0 Å². The van der Waals surface area contributed by atoms with Crippen molar-refractivity contribution in [2.45, 2.75) is 12.8 Å². The van der Waals surface area contributed by atoms with Gasteiger partial charge in [-0.1, -0.05) is 12.1 Å². The second-order valence-corrected chi connectivity index (χ2v) is 5.01. The third kappa shape index (κ3) is 3.26. The Hall–Kier alpha value is -1.55. The van der Waals surface area contributed by atoms with Gasteiger partial charge in [0, 0.05) is 32.9 Å². The second kappa shape index (κ2) is 6.57. The number of nitrogens with one attached hydrogen (secondary N) is 1. The highest BCUT2D eigenvalue weighted by molar-refractivity contribution is 5.99. The summed E-state index contributed by atoms with van der Waals surface area (Å²) in [6, 6.07) is 7.66. The van der Waals surface area contributed by atoms with E-state index in [0.29, 0.717) is 5.92 Å². The molecule has 1 heterocycles. The number of hydrogen-bond donors (Lipinski definition) is 1. The summed E-state index contributed by atoms with van der Waals surface area (Å²) in [5.41, 5.74) is 1.64. The van der Waals surface area contributed by atoms with E-state index in [1.807, 2.05) is 36.2 Å². The van der Waals surface area contributed by atoms with Crippen LogP contribution in [0.2, 0.25) is 0 Å². The minimum atomic E-state index is 0.116. The average molecular weight is 262 g/mol. The van der Waals surface area contributed by atoms with Gasteiger partial charge in [-0.2, -0.15) is 0 Å². The molecule has 0 aromatic heterocycles. The molecule has 1 saturated heterocycles. The standard InChI is InChI=1S/C15H22N2O2/c1-16-14-8-4-3-7-13(14)15(18)17-9-5-6-12(10-17)11-19-2/h3-4,7-8,12,16H,5-6,9-11H2,1-2H3. The van der Waals surface area contributed by atoms with Crippen LogP contribution in [-0.4, -0.2) is 44.7 Å². The lowest BCUT2D eigenvalue weighted by atomic mass is 9.98. The van der Waals surface area contributed by atoms with Crippen LogP contribution in [0.15, 0.2) is 24.3 Å². The fourth-order valence-electron chi connectivity index (χ4n) is 2.68. The largest absolute Gasteiger partial charge is 0.387 e. The first-order chi connectivity index (χ1) is 9.26. The van der Waals surface area contributed by atoms with Crippen LogP contribution in [0.25, 0.3) is 0 Å². The Bertz CT molecular complexity index is 432. The van der Waals surface area contributed by atoms with Crippen molar-refractivity contribution < 1.29 is 9.53 Å². The molecule has 1 fully saturated rings. The van der Waals surface area contributed by atoms with E-state index in [1.54, 1.807) is 7.11 Å². The normalized spacial score (nSPS) is 19.3. The molecule has 19 heavy (non-hydrogen) atoms. The van der Waals surface area contributed by atoms with Gasteiger partial charge >= 0.3 is 0 Å². The van der Waals surface area contributed by atoms with Gasteiger partial charge in [0.25, 0.3) is 5.91 Å². The molecule has 0 aliphatic carbocycles. The van der Waals surface area contributed by atoms with Crippen molar-refractivity contribution in [1.82, 2.24) is 4.90 Å². The van der Waals surface area contributed by atoms with Crippen molar-refractivity contribution in [1.29, 1.82) is 0 Å². The first-order valence-corrected chi connectivity index (χ1v) is 6.81. The molecule has 104 valence electrons. The van der Waals surface area contributed by atoms with Crippen LogP contribution in [0.5, 0.6) is 0 Å². The topological polar surface area (TPSA) is 41.6 Å². The number of benzene rings is 1. The Morgan fingerprint density at radius 3 is 3.00 bits per heavy atom. The highest BCUT2D eigenvalue weighted by Gasteiger charge is 2.25. The van der Waals surface area contributed by atoms with Crippen molar-refractivity contribution in [2.24, 2.45) is 5.92 Å². The molecular formula is C15H22N2O2. The average Bonchev–Trinajstić information content (AvgIpc) is 2.47. The number of anilines is 1. The van der Waals surface area contributed by atoms with Crippen molar-refractivity contribution in [2.75, 3.05) is 39.2 Å². The van der Waals surface area contributed by atoms with Crippen LogP contribution >= 0.6 is 0 Å². The fraction of sp³-hybridized carbons (Fsp3) is 0.533. The zero-order valence-electron chi connectivity index (χ0n) is 11.7. The summed E-state index contributed by atoms with van der Waals surface area (Å²) < 4.78 is 5.21. The van der Waals surface area contributed by atoms with Crippen LogP contribution < -0.4 is 5.32 Å². The van der Waals surface area contributed by atoms with E-state index in [9.17, 15) is 4.79 Å². The number of hydrogen-bond acceptors (Lipinski definition) is 3. The Labute approximate surface area is 114 Å². The summed E-state index contributed by atoms with van der Waals surface area (Å²) >= 11 is 0. The van der Waals surface area contributed by atoms with E-state index in [2.05, 4.69) is 5.32 Å². The third-order valence-electron chi connectivity index (χ3n) is 3.64. The minimum Gasteiger partial charge on any atom is -0.387 e. The lowest BCUT2D eigenvalue weighted by Gasteiger charge is -2.32. The number of piperidine rings is 1. The molecule has 0 radical (unpaired) electrons. The van der Waals surface area contributed by atoms with Crippen LogP contribution in [0, 0.1) is 5.92 Å². The number of carbonyl (C=O) groups is 1. The molecular weight excluding hydrogens is 240 g/mol. The summed E-state index contributed by atoms with van der Waals surface area (Å²) in [6.07, 6.45) is 2.20. The first kappa shape index (κ1) is 13.9. The molecule has 4 heteroatoms. The highest BCUT2D eigenvalue weighted by atomic mass is 16.5. The van der Waals surface area contributed by atoms with Gasteiger partial charge in [-0.15, -0.1) is 0 Å². The van der Waals surface area contributed by atoms with E-state index in [1.165, 1.54) is 0 Å². The molecule has 0 spiro atoms. The highest BCUT2D eigenvalue weighted by Crippen LogP contribution is 2.22. The number of methoxy groups -OCH3 is 1. The van der Waals surface area contributed by atoms with Gasteiger partial charge < -0.3 is 15.0 Å². The summed E-state index contributed by atoms with van der Waals surface area (Å²) in [6.45, 7) is 2.37. The number of rotatable bonds is 4. The predicted molar refractivity (Wildman–Crippen MR) is 76.5 cm³/mol. The van der Waals surface area contributed by atoms with Gasteiger partial charge in [0.05, 0.1) is 12.2 Å². The smallest absolute Gasteiger partial charge is 0.255 e. The molecule has 1 atom stereocenters. The van der Waals surface area contributed by atoms with Gasteiger partial charge in [-0.3, -0.25) is 4.79 Å². The number of ether oxygens (including phenoxy) is 1. The van der Waals surface area contributed by atoms with Crippen molar-refractivity contribution in [3.05, 3.63) is 29.8 Å². The van der Waals surface area contributed by atoms with E-state index in [-0.39, 0.29) is 5.91 Å². The number of amides is 1. The lowest BCUT2D eigenvalue weighted by Crippen LogP contribution is -2.41. The molecule has 4 nitrogen and oxygen atoms in total. The van der Waals surface area contributed by atoms with Gasteiger partial charge in [0.1, 0.15) is 0 Å². The zero-order chi connectivity index (χ0) is 13.7. The second-order valence-electron chi connectivity index (χ2n) is 5.01. The Balaban J connectivity index is 2.10. The zero-order valence-corrected chi connectivity index (χ0v) is 11.7. The first-order valence-electron chi connectivity index (χ1n) is 6.81. The van der Waals surface area contributed by atoms with Crippen molar-refractivity contribution >= 4 is 11.6 Å². The summed E-state index contributed by atoms with van der Waals surface area (Å²) in [4.78, 5) is 14.5. The monoisotopic (exact) mass is 262 g/mol. The van der Waals surface area contributed by atoms with Crippen molar-refractivity contribution in [3.63, 3.8) is 0 Å². The fourth-order valence-corrected chi connectivity index (χ4v) is 2.68. The van der Waals surface area contributed by atoms with E-state index in [4.69, 9.17) is 4.74 Å².